The lowest BCUT2D eigenvalue weighted by atomic mass is 10.2. The summed E-state index contributed by atoms with van der Waals surface area (Å²) in [6.45, 7) is 5.73. The maximum absolute atomic E-state index is 5.52. The molecule has 72 valence electrons. The van der Waals surface area contributed by atoms with Gasteiger partial charge in [0.15, 0.2) is 0 Å². The van der Waals surface area contributed by atoms with Crippen LogP contribution < -0.4 is 5.32 Å². The van der Waals surface area contributed by atoms with Crippen LogP contribution in [0.1, 0.15) is 20.3 Å². The highest BCUT2D eigenvalue weighted by Crippen LogP contribution is 1.96. The molecule has 3 heteroatoms. The number of hydrogen-bond donors (Lipinski definition) is 1. The molecule has 0 saturated heterocycles. The summed E-state index contributed by atoms with van der Waals surface area (Å²) >= 11 is 5.52. The van der Waals surface area contributed by atoms with E-state index in [1.165, 1.54) is 0 Å². The van der Waals surface area contributed by atoms with Crippen molar-refractivity contribution in [2.24, 2.45) is 0 Å². The first-order chi connectivity index (χ1) is 5.74. The van der Waals surface area contributed by atoms with Gasteiger partial charge >= 0.3 is 0 Å². The average molecular weight is 192 g/mol. The van der Waals surface area contributed by atoms with Crippen LogP contribution in [0.2, 0.25) is 0 Å². The van der Waals surface area contributed by atoms with Crippen LogP contribution in [0.4, 0.5) is 0 Å². The summed E-state index contributed by atoms with van der Waals surface area (Å²) in [5.41, 5.74) is 2.75. The topological polar surface area (TPSA) is 21.3 Å². The van der Waals surface area contributed by atoms with E-state index >= 15 is 0 Å². The highest BCUT2D eigenvalue weighted by molar-refractivity contribution is 6.25. The maximum Gasteiger partial charge on any atom is 0.0615 e. The van der Waals surface area contributed by atoms with Crippen LogP contribution in [0.15, 0.2) is 11.1 Å². The second-order valence-electron chi connectivity index (χ2n) is 2.90. The zero-order valence-corrected chi connectivity index (χ0v) is 8.82. The molecule has 0 aromatic heterocycles. The van der Waals surface area contributed by atoms with Crippen molar-refractivity contribution < 1.29 is 4.74 Å². The van der Waals surface area contributed by atoms with E-state index in [1.807, 2.05) is 6.92 Å². The van der Waals surface area contributed by atoms with Crippen LogP contribution in [0.5, 0.6) is 0 Å². The fourth-order valence-corrected chi connectivity index (χ4v) is 0.943. The first-order valence-electron chi connectivity index (χ1n) is 4.22. The third-order valence-electron chi connectivity index (χ3n) is 1.72. The highest BCUT2D eigenvalue weighted by atomic mass is 35.5. The quantitative estimate of drug-likeness (QED) is 0.695. The van der Waals surface area contributed by atoms with E-state index in [-0.39, 0.29) is 0 Å². The molecular formula is C9H18ClNO. The number of halogens is 1. The first kappa shape index (κ1) is 11.9. The molecule has 0 aliphatic heterocycles. The molecule has 2 nitrogen and oxygen atoms in total. The fraction of sp³-hybridized carbons (Fsp3) is 0.778. The van der Waals surface area contributed by atoms with E-state index < -0.39 is 0 Å². The normalized spacial score (nSPS) is 14.8. The van der Waals surface area contributed by atoms with E-state index in [2.05, 4.69) is 12.2 Å². The summed E-state index contributed by atoms with van der Waals surface area (Å²) in [5, 5.41) is 3.34. The minimum atomic E-state index is 0.432. The van der Waals surface area contributed by atoms with Gasteiger partial charge in [-0.1, -0.05) is 18.5 Å². The van der Waals surface area contributed by atoms with Gasteiger partial charge in [-0.3, -0.25) is 0 Å². The van der Waals surface area contributed by atoms with Crippen molar-refractivity contribution in [3.05, 3.63) is 11.1 Å². The fourth-order valence-electron chi connectivity index (χ4n) is 0.866. The van der Waals surface area contributed by atoms with Gasteiger partial charge in [-0.05, 0) is 18.9 Å². The monoisotopic (exact) mass is 191 g/mol. The SMILES string of the molecule is CCC(COC)NCC(C)=CCl. The minimum absolute atomic E-state index is 0.432. The van der Waals surface area contributed by atoms with E-state index in [0.29, 0.717) is 6.04 Å². The lowest BCUT2D eigenvalue weighted by Crippen LogP contribution is -2.33. The van der Waals surface area contributed by atoms with Crippen molar-refractivity contribution in [1.29, 1.82) is 0 Å². The molecule has 0 bridgehead atoms. The molecule has 0 radical (unpaired) electrons. The molecule has 0 fully saturated rings. The van der Waals surface area contributed by atoms with Crippen LogP contribution in [0.3, 0.4) is 0 Å². The summed E-state index contributed by atoms with van der Waals surface area (Å²) in [6.07, 6.45) is 1.07. The van der Waals surface area contributed by atoms with E-state index in [9.17, 15) is 0 Å². The second kappa shape index (κ2) is 7.59. The Morgan fingerprint density at radius 3 is 2.75 bits per heavy atom. The van der Waals surface area contributed by atoms with Gasteiger partial charge in [-0.15, -0.1) is 0 Å². The van der Waals surface area contributed by atoms with Crippen LogP contribution in [0, 0.1) is 0 Å². The van der Waals surface area contributed by atoms with Crippen molar-refractivity contribution in [2.75, 3.05) is 20.3 Å². The van der Waals surface area contributed by atoms with Gasteiger partial charge in [-0.25, -0.2) is 0 Å². The summed E-state index contributed by atoms with van der Waals surface area (Å²) < 4.78 is 5.05. The van der Waals surface area contributed by atoms with E-state index in [1.54, 1.807) is 12.6 Å². The molecule has 0 saturated carbocycles. The Morgan fingerprint density at radius 2 is 2.33 bits per heavy atom. The highest BCUT2D eigenvalue weighted by Gasteiger charge is 2.03. The Hall–Kier alpha value is -0.0500. The number of rotatable bonds is 6. The van der Waals surface area contributed by atoms with Crippen molar-refractivity contribution in [3.63, 3.8) is 0 Å². The molecule has 0 aliphatic carbocycles. The lowest BCUT2D eigenvalue weighted by molar-refractivity contribution is 0.166. The molecule has 0 spiro atoms. The van der Waals surface area contributed by atoms with Crippen LogP contribution in [-0.2, 0) is 4.74 Å². The standard InChI is InChI=1S/C9H18ClNO/c1-4-9(7-12-3)11-6-8(2)5-10/h5,9,11H,4,6-7H2,1-3H3. The zero-order valence-electron chi connectivity index (χ0n) is 8.06. The third-order valence-corrected chi connectivity index (χ3v) is 2.09. The predicted octanol–water partition coefficient (Wildman–Crippen LogP) is 2.14. The second-order valence-corrected chi connectivity index (χ2v) is 3.12. The van der Waals surface area contributed by atoms with Gasteiger partial charge < -0.3 is 10.1 Å². The molecule has 1 N–H and O–H groups in total. The predicted molar refractivity (Wildman–Crippen MR) is 53.6 cm³/mol. The summed E-state index contributed by atoms with van der Waals surface area (Å²) in [4.78, 5) is 0. The molecule has 0 rings (SSSR count). The van der Waals surface area contributed by atoms with Crippen LogP contribution >= 0.6 is 11.6 Å². The molecule has 0 amide bonds. The number of ether oxygens (including phenoxy) is 1. The van der Waals surface area contributed by atoms with Gasteiger partial charge in [-0.2, -0.15) is 0 Å². The average Bonchev–Trinajstić information content (AvgIpc) is 2.11. The van der Waals surface area contributed by atoms with Crippen LogP contribution in [-0.4, -0.2) is 26.3 Å². The lowest BCUT2D eigenvalue weighted by Gasteiger charge is -2.15. The van der Waals surface area contributed by atoms with Gasteiger partial charge in [0.05, 0.1) is 6.61 Å². The van der Waals surface area contributed by atoms with Crippen LogP contribution in [0.25, 0.3) is 0 Å². The molecule has 1 atom stereocenters. The Morgan fingerprint density at radius 1 is 1.67 bits per heavy atom. The minimum Gasteiger partial charge on any atom is -0.383 e. The largest absolute Gasteiger partial charge is 0.383 e. The summed E-state index contributed by atoms with van der Waals surface area (Å²) in [6, 6.07) is 0.432. The maximum atomic E-state index is 5.52. The van der Waals surface area contributed by atoms with Gasteiger partial charge in [0.25, 0.3) is 0 Å². The Labute approximate surface area is 79.9 Å². The van der Waals surface area contributed by atoms with Gasteiger partial charge in [0.2, 0.25) is 0 Å². The van der Waals surface area contributed by atoms with Gasteiger partial charge in [0, 0.05) is 25.2 Å². The Kier molecular flexibility index (Phi) is 7.56. The zero-order chi connectivity index (χ0) is 9.40. The summed E-state index contributed by atoms with van der Waals surface area (Å²) in [5.74, 6) is 0. The first-order valence-corrected chi connectivity index (χ1v) is 4.66. The smallest absolute Gasteiger partial charge is 0.0615 e. The van der Waals surface area contributed by atoms with Crippen molar-refractivity contribution in [1.82, 2.24) is 5.32 Å². The van der Waals surface area contributed by atoms with Crippen molar-refractivity contribution in [2.45, 2.75) is 26.3 Å². The van der Waals surface area contributed by atoms with Crippen molar-refractivity contribution >= 4 is 11.6 Å². The number of methoxy groups -OCH3 is 1. The summed E-state index contributed by atoms with van der Waals surface area (Å²) in [7, 11) is 1.72. The number of hydrogen-bond acceptors (Lipinski definition) is 2. The Bertz CT molecular complexity index is 136. The molecule has 0 aliphatic rings. The molecule has 0 aromatic carbocycles. The van der Waals surface area contributed by atoms with E-state index in [4.69, 9.17) is 16.3 Å². The molecule has 12 heavy (non-hydrogen) atoms. The van der Waals surface area contributed by atoms with Crippen molar-refractivity contribution in [3.8, 4) is 0 Å². The molecule has 0 heterocycles. The van der Waals surface area contributed by atoms with Gasteiger partial charge in [0.1, 0.15) is 0 Å². The number of nitrogens with one attached hydrogen (secondary N) is 1. The molecule has 0 aromatic rings. The Balaban J connectivity index is 3.57. The molecular weight excluding hydrogens is 174 g/mol. The third kappa shape index (κ3) is 5.58. The molecule has 1 unspecified atom stereocenters. The van der Waals surface area contributed by atoms with E-state index in [0.717, 1.165) is 25.1 Å².